The molecule has 0 bridgehead atoms. The Labute approximate surface area is 97.7 Å². The molecule has 0 aliphatic heterocycles. The van der Waals surface area contributed by atoms with E-state index in [-0.39, 0.29) is 0 Å². The quantitative estimate of drug-likeness (QED) is 0.832. The smallest absolute Gasteiger partial charge is 0.0499 e. The van der Waals surface area contributed by atoms with Crippen LogP contribution in [0.5, 0.6) is 0 Å². The van der Waals surface area contributed by atoms with Gasteiger partial charge in [-0.25, -0.2) is 0 Å². The summed E-state index contributed by atoms with van der Waals surface area (Å²) < 4.78 is 5.98. The summed E-state index contributed by atoms with van der Waals surface area (Å²) in [6.07, 6.45) is 0.982. The van der Waals surface area contributed by atoms with Gasteiger partial charge in [0, 0.05) is 35.4 Å². The van der Waals surface area contributed by atoms with Crippen molar-refractivity contribution in [3.8, 4) is 0 Å². The van der Waals surface area contributed by atoms with Crippen LogP contribution in [0.3, 0.4) is 0 Å². The molecule has 0 fully saturated rings. The van der Waals surface area contributed by atoms with Crippen molar-refractivity contribution in [3.05, 3.63) is 27.7 Å². The van der Waals surface area contributed by atoms with Crippen LogP contribution >= 0.6 is 27.5 Å². The fraction of sp³-hybridized carbons (Fsp3) is 0.400. The molecule has 0 heterocycles. The lowest BCUT2D eigenvalue weighted by Gasteiger charge is -2.08. The predicted octanol–water partition coefficient (Wildman–Crippen LogP) is 3.55. The van der Waals surface area contributed by atoms with E-state index in [2.05, 4.69) is 21.2 Å². The second kappa shape index (κ2) is 6.27. The zero-order valence-electron chi connectivity index (χ0n) is 8.02. The molecule has 0 radical (unpaired) electrons. The van der Waals surface area contributed by atoms with Crippen LogP contribution in [0.15, 0.2) is 22.7 Å². The molecule has 4 heteroatoms. The Bertz CT molecular complexity index is 293. The van der Waals surface area contributed by atoms with E-state index >= 15 is 0 Å². The molecule has 0 amide bonds. The van der Waals surface area contributed by atoms with Crippen LogP contribution in [-0.4, -0.2) is 20.3 Å². The number of ether oxygens (including phenoxy) is 1. The fourth-order valence-corrected chi connectivity index (χ4v) is 1.63. The standard InChI is InChI=1S/C10H13BrClNO/c1-14-6-2-5-13-10-7-8(12)3-4-9(10)11/h3-4,7,13H,2,5-6H2,1H3. The molecule has 1 aromatic rings. The number of hydrogen-bond donors (Lipinski definition) is 1. The van der Waals surface area contributed by atoms with Gasteiger partial charge in [0.1, 0.15) is 0 Å². The lowest BCUT2D eigenvalue weighted by molar-refractivity contribution is 0.198. The molecule has 0 aliphatic rings. The van der Waals surface area contributed by atoms with E-state index in [0.29, 0.717) is 0 Å². The van der Waals surface area contributed by atoms with Gasteiger partial charge in [0.2, 0.25) is 0 Å². The van der Waals surface area contributed by atoms with Gasteiger partial charge in [-0.15, -0.1) is 0 Å². The molecular weight excluding hydrogens is 265 g/mol. The number of nitrogens with one attached hydrogen (secondary N) is 1. The Morgan fingerprint density at radius 3 is 3.00 bits per heavy atom. The summed E-state index contributed by atoms with van der Waals surface area (Å²) in [6.45, 7) is 1.65. The first kappa shape index (κ1) is 11.8. The summed E-state index contributed by atoms with van der Waals surface area (Å²) in [5.41, 5.74) is 1.02. The maximum absolute atomic E-state index is 5.87. The number of hydrogen-bond acceptors (Lipinski definition) is 2. The Balaban J connectivity index is 2.45. The van der Waals surface area contributed by atoms with Crippen molar-refractivity contribution >= 4 is 33.2 Å². The first-order valence-electron chi connectivity index (χ1n) is 4.42. The van der Waals surface area contributed by atoms with E-state index in [4.69, 9.17) is 16.3 Å². The van der Waals surface area contributed by atoms with Gasteiger partial charge in [0.25, 0.3) is 0 Å². The van der Waals surface area contributed by atoms with Gasteiger partial charge in [-0.2, -0.15) is 0 Å². The Morgan fingerprint density at radius 2 is 2.29 bits per heavy atom. The Kier molecular flexibility index (Phi) is 5.30. The highest BCUT2D eigenvalue weighted by Gasteiger charge is 1.99. The van der Waals surface area contributed by atoms with E-state index in [0.717, 1.165) is 34.8 Å². The van der Waals surface area contributed by atoms with Gasteiger partial charge in [-0.05, 0) is 40.5 Å². The van der Waals surface area contributed by atoms with Gasteiger partial charge >= 0.3 is 0 Å². The minimum atomic E-state index is 0.738. The largest absolute Gasteiger partial charge is 0.385 e. The highest BCUT2D eigenvalue weighted by Crippen LogP contribution is 2.25. The van der Waals surface area contributed by atoms with Crippen molar-refractivity contribution in [3.63, 3.8) is 0 Å². The van der Waals surface area contributed by atoms with Gasteiger partial charge in [-0.3, -0.25) is 0 Å². The molecule has 0 atom stereocenters. The molecule has 0 aromatic heterocycles. The van der Waals surface area contributed by atoms with E-state index in [9.17, 15) is 0 Å². The lowest BCUT2D eigenvalue weighted by atomic mass is 10.3. The molecule has 78 valence electrons. The van der Waals surface area contributed by atoms with Crippen LogP contribution in [0.1, 0.15) is 6.42 Å². The normalized spacial score (nSPS) is 10.2. The van der Waals surface area contributed by atoms with E-state index in [1.54, 1.807) is 7.11 Å². The van der Waals surface area contributed by atoms with Crippen molar-refractivity contribution in [2.45, 2.75) is 6.42 Å². The van der Waals surface area contributed by atoms with Crippen molar-refractivity contribution in [1.82, 2.24) is 0 Å². The average Bonchev–Trinajstić information content (AvgIpc) is 2.18. The number of halogens is 2. The van der Waals surface area contributed by atoms with Crippen LogP contribution < -0.4 is 5.32 Å². The highest BCUT2D eigenvalue weighted by molar-refractivity contribution is 9.10. The van der Waals surface area contributed by atoms with Gasteiger partial charge in [0.15, 0.2) is 0 Å². The van der Waals surface area contributed by atoms with Crippen molar-refractivity contribution in [2.75, 3.05) is 25.6 Å². The molecule has 0 spiro atoms. The predicted molar refractivity (Wildman–Crippen MR) is 64.1 cm³/mol. The summed E-state index contributed by atoms with van der Waals surface area (Å²) in [4.78, 5) is 0. The summed E-state index contributed by atoms with van der Waals surface area (Å²) in [6, 6.07) is 5.69. The first-order valence-corrected chi connectivity index (χ1v) is 5.59. The molecule has 0 aliphatic carbocycles. The molecular formula is C10H13BrClNO. The molecule has 0 saturated heterocycles. The maximum Gasteiger partial charge on any atom is 0.0499 e. The summed E-state index contributed by atoms with van der Waals surface area (Å²) in [5.74, 6) is 0. The van der Waals surface area contributed by atoms with E-state index < -0.39 is 0 Å². The second-order valence-electron chi connectivity index (χ2n) is 2.90. The summed E-state index contributed by atoms with van der Waals surface area (Å²) >= 11 is 9.32. The van der Waals surface area contributed by atoms with Crippen LogP contribution in [0.25, 0.3) is 0 Å². The third kappa shape index (κ3) is 3.86. The molecule has 2 nitrogen and oxygen atoms in total. The highest BCUT2D eigenvalue weighted by atomic mass is 79.9. The van der Waals surface area contributed by atoms with Gasteiger partial charge in [-0.1, -0.05) is 11.6 Å². The van der Waals surface area contributed by atoms with Crippen LogP contribution in [0.4, 0.5) is 5.69 Å². The van der Waals surface area contributed by atoms with Gasteiger partial charge < -0.3 is 10.1 Å². The number of rotatable bonds is 5. The molecule has 1 rings (SSSR count). The minimum absolute atomic E-state index is 0.738. The number of anilines is 1. The molecule has 0 saturated carbocycles. The zero-order chi connectivity index (χ0) is 10.4. The summed E-state index contributed by atoms with van der Waals surface area (Å²) in [7, 11) is 1.70. The number of benzene rings is 1. The van der Waals surface area contributed by atoms with E-state index in [1.807, 2.05) is 18.2 Å². The lowest BCUT2D eigenvalue weighted by Crippen LogP contribution is -2.04. The SMILES string of the molecule is COCCCNc1cc(Cl)ccc1Br. The van der Waals surface area contributed by atoms with Crippen molar-refractivity contribution in [2.24, 2.45) is 0 Å². The zero-order valence-corrected chi connectivity index (χ0v) is 10.4. The third-order valence-electron chi connectivity index (χ3n) is 1.77. The topological polar surface area (TPSA) is 21.3 Å². The Hall–Kier alpha value is -0.250. The molecule has 1 aromatic carbocycles. The monoisotopic (exact) mass is 277 g/mol. The molecule has 1 N–H and O–H groups in total. The van der Waals surface area contributed by atoms with E-state index in [1.165, 1.54) is 0 Å². The minimum Gasteiger partial charge on any atom is -0.385 e. The first-order chi connectivity index (χ1) is 6.74. The second-order valence-corrected chi connectivity index (χ2v) is 4.19. The number of methoxy groups -OCH3 is 1. The average molecular weight is 279 g/mol. The van der Waals surface area contributed by atoms with Gasteiger partial charge in [0.05, 0.1) is 0 Å². The fourth-order valence-electron chi connectivity index (χ4n) is 1.07. The molecule has 14 heavy (non-hydrogen) atoms. The van der Waals surface area contributed by atoms with Crippen molar-refractivity contribution in [1.29, 1.82) is 0 Å². The van der Waals surface area contributed by atoms with Crippen LogP contribution in [0.2, 0.25) is 5.02 Å². The van der Waals surface area contributed by atoms with Crippen LogP contribution in [0, 0.1) is 0 Å². The van der Waals surface area contributed by atoms with Crippen molar-refractivity contribution < 1.29 is 4.74 Å². The Morgan fingerprint density at radius 1 is 1.50 bits per heavy atom. The molecule has 0 unspecified atom stereocenters. The third-order valence-corrected chi connectivity index (χ3v) is 2.70. The summed E-state index contributed by atoms with van der Waals surface area (Å²) in [5, 5.41) is 4.02. The van der Waals surface area contributed by atoms with Crippen LogP contribution in [-0.2, 0) is 4.74 Å². The maximum atomic E-state index is 5.87.